The van der Waals surface area contributed by atoms with Gasteiger partial charge in [0.1, 0.15) is 11.9 Å². The Morgan fingerprint density at radius 3 is 2.26 bits per heavy atom. The molecule has 1 atom stereocenters. The highest BCUT2D eigenvalue weighted by Crippen LogP contribution is 2.35. The molecule has 0 saturated heterocycles. The summed E-state index contributed by atoms with van der Waals surface area (Å²) in [7, 11) is 2.27. The Labute approximate surface area is 189 Å². The van der Waals surface area contributed by atoms with Gasteiger partial charge < -0.3 is 18.9 Å². The normalized spacial score (nSPS) is 12.7. The minimum atomic E-state index is -1.06. The Bertz CT molecular complexity index is 812. The van der Waals surface area contributed by atoms with Gasteiger partial charge in [-0.2, -0.15) is 0 Å². The Hall–Kier alpha value is -2.24. The molecule has 0 amide bonds. The summed E-state index contributed by atoms with van der Waals surface area (Å²) in [5, 5.41) is 0. The summed E-state index contributed by atoms with van der Waals surface area (Å²) >= 11 is 0. The lowest BCUT2D eigenvalue weighted by Crippen LogP contribution is -2.23. The number of rotatable bonds is 13. The van der Waals surface area contributed by atoms with Crippen LogP contribution in [0.15, 0.2) is 54.6 Å². The van der Waals surface area contributed by atoms with Gasteiger partial charge in [-0.15, -0.1) is 0 Å². The van der Waals surface area contributed by atoms with E-state index in [1.54, 1.807) is 14.2 Å². The molecule has 0 bridgehead atoms. The van der Waals surface area contributed by atoms with E-state index in [2.05, 4.69) is 43.9 Å². The molecule has 0 N–H and O–H groups in total. The maximum Gasteiger partial charge on any atom is 0.165 e. The van der Waals surface area contributed by atoms with Crippen molar-refractivity contribution in [2.45, 2.75) is 58.2 Å². The van der Waals surface area contributed by atoms with Crippen LogP contribution >= 0.6 is 0 Å². The standard InChI is InChI=1S/C26H38O4Si/c1-21-17-25(28-3)26(18-24(21)27-2)30-23(15-11-8-12-16-31(4,5)6)20-29-19-22-13-9-7-10-14-22/h7-10,12-14,17-18,23H,11,15-16,19-20H2,1-6H3/b12-8+. The van der Waals surface area contributed by atoms with Crippen molar-refractivity contribution in [3.8, 4) is 17.2 Å². The van der Waals surface area contributed by atoms with E-state index < -0.39 is 8.07 Å². The summed E-state index contributed by atoms with van der Waals surface area (Å²) < 4.78 is 23.4. The monoisotopic (exact) mass is 442 g/mol. The highest BCUT2D eigenvalue weighted by Gasteiger charge is 2.16. The molecule has 0 saturated carbocycles. The van der Waals surface area contributed by atoms with E-state index >= 15 is 0 Å². The number of hydrogen-bond acceptors (Lipinski definition) is 4. The van der Waals surface area contributed by atoms with Crippen LogP contribution in [0.2, 0.25) is 25.7 Å². The summed E-state index contributed by atoms with van der Waals surface area (Å²) in [6, 6.07) is 15.3. The van der Waals surface area contributed by atoms with Crippen LogP contribution in [0, 0.1) is 6.92 Å². The second kappa shape index (κ2) is 12.6. The molecule has 0 spiro atoms. The minimum absolute atomic E-state index is 0.0819. The fraction of sp³-hybridized carbons (Fsp3) is 0.462. The SMILES string of the molecule is COc1cc(OC(CC/C=C/C[Si](C)(C)C)COCc2ccccc2)c(OC)cc1C. The van der Waals surface area contributed by atoms with Crippen LogP contribution in [0.5, 0.6) is 17.2 Å². The second-order valence-electron chi connectivity index (χ2n) is 9.03. The number of hydrogen-bond donors (Lipinski definition) is 0. The summed E-state index contributed by atoms with van der Waals surface area (Å²) in [5.74, 6) is 2.18. The number of allylic oxidation sites excluding steroid dienone is 2. The molecule has 0 aromatic heterocycles. The molecule has 4 nitrogen and oxygen atoms in total. The molecule has 0 aliphatic heterocycles. The van der Waals surface area contributed by atoms with Crippen molar-refractivity contribution >= 4 is 8.07 Å². The molecule has 170 valence electrons. The molecule has 0 fully saturated rings. The molecular formula is C26H38O4Si. The Morgan fingerprint density at radius 1 is 0.903 bits per heavy atom. The zero-order chi connectivity index (χ0) is 22.7. The maximum absolute atomic E-state index is 6.36. The zero-order valence-corrected chi connectivity index (χ0v) is 20.9. The van der Waals surface area contributed by atoms with E-state index in [9.17, 15) is 0 Å². The van der Waals surface area contributed by atoms with Gasteiger partial charge in [0.15, 0.2) is 11.5 Å². The van der Waals surface area contributed by atoms with Gasteiger partial charge in [-0.1, -0.05) is 62.1 Å². The first-order valence-electron chi connectivity index (χ1n) is 11.0. The fourth-order valence-corrected chi connectivity index (χ4v) is 4.06. The van der Waals surface area contributed by atoms with Crippen molar-refractivity contribution in [2.24, 2.45) is 0 Å². The molecule has 2 aromatic carbocycles. The first kappa shape index (κ1) is 25.0. The van der Waals surface area contributed by atoms with Gasteiger partial charge in [0, 0.05) is 14.1 Å². The number of benzene rings is 2. The van der Waals surface area contributed by atoms with E-state index in [-0.39, 0.29) is 6.10 Å². The number of aryl methyl sites for hydroxylation is 1. The van der Waals surface area contributed by atoms with Crippen LogP contribution in [0.3, 0.4) is 0 Å². The molecule has 2 aromatic rings. The van der Waals surface area contributed by atoms with Crippen LogP contribution in [0.1, 0.15) is 24.0 Å². The molecule has 0 aliphatic rings. The molecule has 0 radical (unpaired) electrons. The molecule has 1 unspecified atom stereocenters. The summed E-state index contributed by atoms with van der Waals surface area (Å²) in [5.41, 5.74) is 2.17. The molecule has 0 aliphatic carbocycles. The second-order valence-corrected chi connectivity index (χ2v) is 14.6. The zero-order valence-electron chi connectivity index (χ0n) is 19.9. The van der Waals surface area contributed by atoms with Crippen molar-refractivity contribution < 1.29 is 18.9 Å². The van der Waals surface area contributed by atoms with Crippen molar-refractivity contribution in [3.63, 3.8) is 0 Å². The highest BCUT2D eigenvalue weighted by molar-refractivity contribution is 6.76. The van der Waals surface area contributed by atoms with Gasteiger partial charge in [-0.05, 0) is 43.0 Å². The Kier molecular flexibility index (Phi) is 10.1. The Balaban J connectivity index is 2.05. The number of ether oxygens (including phenoxy) is 4. The smallest absolute Gasteiger partial charge is 0.165 e. The summed E-state index contributed by atoms with van der Waals surface area (Å²) in [6.07, 6.45) is 6.34. The summed E-state index contributed by atoms with van der Waals surface area (Å²) in [6.45, 7) is 10.2. The predicted octanol–water partition coefficient (Wildman–Crippen LogP) is 6.65. The molecule has 2 rings (SSSR count). The van der Waals surface area contributed by atoms with E-state index in [1.807, 2.05) is 37.3 Å². The maximum atomic E-state index is 6.36. The van der Waals surface area contributed by atoms with Gasteiger partial charge in [0.25, 0.3) is 0 Å². The van der Waals surface area contributed by atoms with Crippen LogP contribution < -0.4 is 14.2 Å². The average molecular weight is 443 g/mol. The first-order valence-corrected chi connectivity index (χ1v) is 14.7. The topological polar surface area (TPSA) is 36.9 Å². The minimum Gasteiger partial charge on any atom is -0.496 e. The third-order valence-electron chi connectivity index (χ3n) is 4.94. The average Bonchev–Trinajstić information content (AvgIpc) is 2.74. The number of methoxy groups -OCH3 is 2. The van der Waals surface area contributed by atoms with Crippen molar-refractivity contribution in [1.82, 2.24) is 0 Å². The Morgan fingerprint density at radius 2 is 1.61 bits per heavy atom. The van der Waals surface area contributed by atoms with Crippen LogP contribution in [-0.2, 0) is 11.3 Å². The third kappa shape index (κ3) is 9.19. The fourth-order valence-electron chi connectivity index (χ4n) is 3.19. The van der Waals surface area contributed by atoms with Gasteiger partial charge in [0.05, 0.1) is 27.4 Å². The van der Waals surface area contributed by atoms with Gasteiger partial charge in [-0.25, -0.2) is 0 Å². The van der Waals surface area contributed by atoms with Crippen molar-refractivity contribution in [1.29, 1.82) is 0 Å². The van der Waals surface area contributed by atoms with Crippen LogP contribution in [0.4, 0.5) is 0 Å². The molecule has 5 heteroatoms. The quantitative estimate of drug-likeness (QED) is 0.257. The van der Waals surface area contributed by atoms with Crippen LogP contribution in [-0.4, -0.2) is 35.0 Å². The molecular weight excluding hydrogens is 404 g/mol. The van der Waals surface area contributed by atoms with Crippen LogP contribution in [0.25, 0.3) is 0 Å². The van der Waals surface area contributed by atoms with Gasteiger partial charge in [0.2, 0.25) is 0 Å². The van der Waals surface area contributed by atoms with E-state index in [4.69, 9.17) is 18.9 Å². The van der Waals surface area contributed by atoms with Crippen molar-refractivity contribution in [3.05, 3.63) is 65.7 Å². The predicted molar refractivity (Wildman–Crippen MR) is 131 cm³/mol. The lowest BCUT2D eigenvalue weighted by molar-refractivity contribution is 0.0364. The largest absolute Gasteiger partial charge is 0.496 e. The van der Waals surface area contributed by atoms with E-state index in [0.29, 0.717) is 24.7 Å². The first-order chi connectivity index (χ1) is 14.8. The third-order valence-corrected chi connectivity index (χ3v) is 6.40. The van der Waals surface area contributed by atoms with E-state index in [0.717, 1.165) is 29.7 Å². The van der Waals surface area contributed by atoms with E-state index in [1.165, 1.54) is 6.04 Å². The van der Waals surface area contributed by atoms with Crippen molar-refractivity contribution in [2.75, 3.05) is 20.8 Å². The lowest BCUT2D eigenvalue weighted by atomic mass is 10.1. The summed E-state index contributed by atoms with van der Waals surface area (Å²) in [4.78, 5) is 0. The van der Waals surface area contributed by atoms with Gasteiger partial charge in [-0.3, -0.25) is 0 Å². The molecule has 31 heavy (non-hydrogen) atoms. The lowest BCUT2D eigenvalue weighted by Gasteiger charge is -2.21. The van der Waals surface area contributed by atoms with Gasteiger partial charge >= 0.3 is 0 Å². The molecule has 0 heterocycles. The highest BCUT2D eigenvalue weighted by atomic mass is 28.3.